The molecule has 4 rings (SSSR count). The van der Waals surface area contributed by atoms with Gasteiger partial charge in [-0.1, -0.05) is 12.1 Å². The van der Waals surface area contributed by atoms with E-state index in [1.807, 2.05) is 0 Å². The van der Waals surface area contributed by atoms with Crippen LogP contribution in [0.3, 0.4) is 0 Å². The van der Waals surface area contributed by atoms with Gasteiger partial charge >= 0.3 is 115 Å². The molecule has 2 aromatic carbocycles. The van der Waals surface area contributed by atoms with Crippen LogP contribution >= 0.6 is 0 Å². The Morgan fingerprint density at radius 1 is 0.643 bits per heavy atom. The number of benzene rings is 2. The number of carbonyl (C=O) groups is 2. The molecule has 0 amide bonds. The van der Waals surface area contributed by atoms with E-state index in [1.54, 1.807) is 48.5 Å². The van der Waals surface area contributed by atoms with Crippen LogP contribution in [0, 0.1) is 0 Å². The van der Waals surface area contributed by atoms with Crippen molar-refractivity contribution < 1.29 is 125 Å². The van der Waals surface area contributed by atoms with Crippen LogP contribution in [0.5, 0.6) is 0 Å². The first kappa shape index (κ1) is 23.7. The van der Waals surface area contributed by atoms with Crippen LogP contribution in [-0.4, -0.2) is 32.1 Å². The fraction of sp³-hybridized carbons (Fsp3) is 0. The predicted molar refractivity (Wildman–Crippen MR) is 98.6 cm³/mol. The smallest absolute Gasteiger partial charge is 1.00 e. The van der Waals surface area contributed by atoms with Gasteiger partial charge in [0.25, 0.3) is 0 Å². The molecule has 0 bridgehead atoms. The summed E-state index contributed by atoms with van der Waals surface area (Å²) in [6.07, 6.45) is 0. The zero-order valence-corrected chi connectivity index (χ0v) is 21.6. The Hall–Kier alpha value is -0.527. The van der Waals surface area contributed by atoms with Crippen LogP contribution in [-0.2, 0) is 0 Å². The molecule has 0 aliphatic carbocycles. The molecule has 8 heteroatoms. The number of hydrogen-bond acceptors (Lipinski definition) is 4. The normalized spacial score (nSPS) is 10.1. The number of fused-ring (bicyclic) bond motifs is 2. The molecule has 0 aliphatic rings. The maximum atomic E-state index is 11.3. The number of aromatic carboxylic acids is 2. The molecule has 130 valence electrons. The molecular weight excluding hydrogens is 410 g/mol. The largest absolute Gasteiger partial charge is 1.00 e. The van der Waals surface area contributed by atoms with E-state index in [0.717, 1.165) is 0 Å². The summed E-state index contributed by atoms with van der Waals surface area (Å²) < 4.78 is 0. The Morgan fingerprint density at radius 2 is 1.04 bits per heavy atom. The molecule has 0 saturated carbocycles. The molecule has 0 spiro atoms. The maximum absolute atomic E-state index is 11.3. The van der Waals surface area contributed by atoms with E-state index < -0.39 is 11.9 Å². The van der Waals surface area contributed by atoms with Gasteiger partial charge < -0.3 is 13.1 Å². The van der Waals surface area contributed by atoms with Gasteiger partial charge in [0.1, 0.15) is 0 Å². The minimum Gasteiger partial charge on any atom is -1.00 e. The molecule has 0 atom stereocenters. The van der Waals surface area contributed by atoms with E-state index in [2.05, 4.69) is 9.97 Å². The number of aromatic nitrogens is 2. The molecule has 0 unspecified atom stereocenters. The van der Waals surface area contributed by atoms with Crippen molar-refractivity contribution in [2.45, 2.75) is 0 Å². The van der Waals surface area contributed by atoms with Crippen molar-refractivity contribution in [3.8, 4) is 11.4 Å². The minimum atomic E-state index is -1.00. The molecule has 2 N–H and O–H groups in total. The van der Waals surface area contributed by atoms with E-state index >= 15 is 0 Å². The van der Waals surface area contributed by atoms with Crippen LogP contribution in [0.25, 0.3) is 33.2 Å². The Labute approximate surface area is 248 Å². The summed E-state index contributed by atoms with van der Waals surface area (Å²) in [6.45, 7) is 0. The second-order valence-electron chi connectivity index (χ2n) is 5.75. The van der Waals surface area contributed by atoms with Gasteiger partial charge in [0, 0.05) is 10.8 Å². The van der Waals surface area contributed by atoms with Crippen molar-refractivity contribution in [3.63, 3.8) is 0 Å². The first-order chi connectivity index (χ1) is 12.5. The van der Waals surface area contributed by atoms with Crippen LogP contribution in [0.2, 0.25) is 0 Å². The molecule has 28 heavy (non-hydrogen) atoms. The zero-order valence-electron chi connectivity index (χ0n) is 17.4. The SMILES string of the molecule is O=C(O)c1cccc2nc(-c3ccc4c(C(=O)O)cccc4n3)ccc12.[H-].[H-].[K+].[K+]. The van der Waals surface area contributed by atoms with Crippen molar-refractivity contribution in [3.05, 3.63) is 71.8 Å². The van der Waals surface area contributed by atoms with Gasteiger partial charge in [0.2, 0.25) is 0 Å². The first-order valence-corrected chi connectivity index (χ1v) is 7.81. The third-order valence-corrected chi connectivity index (χ3v) is 4.19. The predicted octanol–water partition coefficient (Wildman–Crippen LogP) is -1.92. The fourth-order valence-corrected chi connectivity index (χ4v) is 2.97. The van der Waals surface area contributed by atoms with E-state index in [0.29, 0.717) is 33.2 Å². The molecule has 2 heterocycles. The summed E-state index contributed by atoms with van der Waals surface area (Å²) in [6, 6.07) is 16.7. The van der Waals surface area contributed by atoms with Crippen LogP contribution in [0.4, 0.5) is 0 Å². The van der Waals surface area contributed by atoms with E-state index in [1.165, 1.54) is 12.1 Å². The molecule has 0 radical (unpaired) electrons. The topological polar surface area (TPSA) is 100 Å². The number of nitrogens with zero attached hydrogens (tertiary/aromatic N) is 2. The minimum absolute atomic E-state index is 0. The summed E-state index contributed by atoms with van der Waals surface area (Å²) in [4.78, 5) is 31.7. The fourth-order valence-electron chi connectivity index (χ4n) is 2.97. The number of pyridine rings is 2. The second-order valence-corrected chi connectivity index (χ2v) is 5.75. The average Bonchev–Trinajstić information content (AvgIpc) is 2.65. The average molecular weight is 425 g/mol. The van der Waals surface area contributed by atoms with Gasteiger partial charge in [-0.25, -0.2) is 19.6 Å². The summed E-state index contributed by atoms with van der Waals surface area (Å²) in [5, 5.41) is 19.6. The zero-order chi connectivity index (χ0) is 18.3. The maximum Gasteiger partial charge on any atom is 1.00 e. The summed E-state index contributed by atoms with van der Waals surface area (Å²) in [5.41, 5.74) is 2.68. The number of rotatable bonds is 3. The second kappa shape index (κ2) is 9.99. The Kier molecular flexibility index (Phi) is 8.47. The number of carboxylic acids is 2. The molecule has 0 fully saturated rings. The first-order valence-electron chi connectivity index (χ1n) is 7.81. The monoisotopic (exact) mass is 424 g/mol. The van der Waals surface area contributed by atoms with Crippen molar-refractivity contribution in [1.29, 1.82) is 0 Å². The van der Waals surface area contributed by atoms with Crippen molar-refractivity contribution >= 4 is 33.7 Å². The summed E-state index contributed by atoms with van der Waals surface area (Å²) in [5.74, 6) is -2.01. The molecule has 2 aromatic heterocycles. The Morgan fingerprint density at radius 3 is 1.39 bits per heavy atom. The van der Waals surface area contributed by atoms with Crippen molar-refractivity contribution in [1.82, 2.24) is 9.97 Å². The molecule has 4 aromatic rings. The van der Waals surface area contributed by atoms with Gasteiger partial charge in [-0.15, -0.1) is 0 Å². The molecule has 6 nitrogen and oxygen atoms in total. The third kappa shape index (κ3) is 4.62. The Bertz CT molecular complexity index is 1130. The standard InChI is InChI=1S/C20H12N2O4.2K.2H/c23-19(24)13-3-1-5-15-11(13)7-9-17(21-15)18-10-8-12-14(20(25)26)4-2-6-16(12)22-18;;;;/h1-10H,(H,23,24)(H,25,26);;;;/q;2*+1;2*-1. The number of carboxylic acid groups (broad SMARTS) is 2. The molecular formula is C20H14K2N2O4. The van der Waals surface area contributed by atoms with E-state index in [9.17, 15) is 19.8 Å². The van der Waals surface area contributed by atoms with Crippen LogP contribution in [0.15, 0.2) is 60.7 Å². The van der Waals surface area contributed by atoms with Gasteiger partial charge in [0.05, 0.1) is 33.5 Å². The summed E-state index contributed by atoms with van der Waals surface area (Å²) in [7, 11) is 0. The quantitative estimate of drug-likeness (QED) is 0.372. The summed E-state index contributed by atoms with van der Waals surface area (Å²) >= 11 is 0. The molecule has 0 saturated heterocycles. The third-order valence-electron chi connectivity index (χ3n) is 4.19. The van der Waals surface area contributed by atoms with E-state index in [4.69, 9.17) is 0 Å². The van der Waals surface area contributed by atoms with Crippen LogP contribution < -0.4 is 103 Å². The van der Waals surface area contributed by atoms with Crippen LogP contribution in [0.1, 0.15) is 23.6 Å². The van der Waals surface area contributed by atoms with Crippen molar-refractivity contribution in [2.75, 3.05) is 0 Å². The van der Waals surface area contributed by atoms with Gasteiger partial charge in [-0.05, 0) is 48.5 Å². The molecule has 0 aliphatic heterocycles. The van der Waals surface area contributed by atoms with Gasteiger partial charge in [0.15, 0.2) is 0 Å². The van der Waals surface area contributed by atoms with Crippen molar-refractivity contribution in [2.24, 2.45) is 0 Å². The number of hydrogen-bond donors (Lipinski definition) is 2. The Balaban J connectivity index is 0.00000210. The van der Waals surface area contributed by atoms with Gasteiger partial charge in [-0.2, -0.15) is 0 Å². The van der Waals surface area contributed by atoms with E-state index in [-0.39, 0.29) is 117 Å². The van der Waals surface area contributed by atoms with Gasteiger partial charge in [-0.3, -0.25) is 0 Å².